The smallest absolute Gasteiger partial charge is 0.168 e. The Morgan fingerprint density at radius 3 is 2.80 bits per heavy atom. The highest BCUT2D eigenvalue weighted by Crippen LogP contribution is 2.16. The van der Waals surface area contributed by atoms with Gasteiger partial charge in [0.2, 0.25) is 0 Å². The summed E-state index contributed by atoms with van der Waals surface area (Å²) < 4.78 is 5.10. The zero-order chi connectivity index (χ0) is 11.5. The summed E-state index contributed by atoms with van der Waals surface area (Å²) in [6.07, 6.45) is 3.46. The third-order valence-corrected chi connectivity index (χ3v) is 2.47. The molecule has 2 N–H and O–H groups in total. The van der Waals surface area contributed by atoms with Gasteiger partial charge in [0.05, 0.1) is 0 Å². The summed E-state index contributed by atoms with van der Waals surface area (Å²) in [5, 5.41) is 0. The average Bonchev–Trinajstić information content (AvgIpc) is 2.21. The highest BCUT2D eigenvalue weighted by Gasteiger charge is 2.27. The van der Waals surface area contributed by atoms with E-state index in [0.29, 0.717) is 5.69 Å². The SMILES string of the molecule is COC(C)(C)C(=O)Cc1cnccc1N. The van der Waals surface area contributed by atoms with Crippen LogP contribution in [0.3, 0.4) is 0 Å². The molecule has 0 amide bonds. The number of hydrogen-bond acceptors (Lipinski definition) is 4. The highest BCUT2D eigenvalue weighted by molar-refractivity contribution is 5.89. The molecule has 4 nitrogen and oxygen atoms in total. The molecule has 0 aliphatic rings. The summed E-state index contributed by atoms with van der Waals surface area (Å²) in [7, 11) is 1.52. The second-order valence-corrected chi connectivity index (χ2v) is 3.89. The number of carbonyl (C=O) groups is 1. The van der Waals surface area contributed by atoms with Crippen LogP contribution in [0, 0.1) is 0 Å². The van der Waals surface area contributed by atoms with Crippen molar-refractivity contribution in [2.75, 3.05) is 12.8 Å². The minimum Gasteiger partial charge on any atom is -0.398 e. The molecule has 82 valence electrons. The Kier molecular flexibility index (Phi) is 3.42. The monoisotopic (exact) mass is 208 g/mol. The summed E-state index contributed by atoms with van der Waals surface area (Å²) in [6.45, 7) is 3.48. The first-order valence-electron chi connectivity index (χ1n) is 4.74. The van der Waals surface area contributed by atoms with Gasteiger partial charge in [0.15, 0.2) is 5.78 Å². The van der Waals surface area contributed by atoms with E-state index in [0.717, 1.165) is 5.56 Å². The number of ketones is 1. The van der Waals surface area contributed by atoms with Crippen LogP contribution in [-0.2, 0) is 16.0 Å². The largest absolute Gasteiger partial charge is 0.398 e. The van der Waals surface area contributed by atoms with Crippen LogP contribution in [0.25, 0.3) is 0 Å². The van der Waals surface area contributed by atoms with Crippen molar-refractivity contribution < 1.29 is 9.53 Å². The molecule has 0 spiro atoms. The maximum Gasteiger partial charge on any atom is 0.168 e. The lowest BCUT2D eigenvalue weighted by molar-refractivity contribution is -0.136. The molecule has 1 aromatic rings. The van der Waals surface area contributed by atoms with E-state index in [2.05, 4.69) is 4.98 Å². The lowest BCUT2D eigenvalue weighted by Gasteiger charge is -2.21. The molecular weight excluding hydrogens is 192 g/mol. The molecule has 15 heavy (non-hydrogen) atoms. The van der Waals surface area contributed by atoms with Crippen LogP contribution in [-0.4, -0.2) is 23.5 Å². The standard InChI is InChI=1S/C11H16N2O2/c1-11(2,15-3)10(14)6-8-7-13-5-4-9(8)12/h4-5,7H,6H2,1-3H3,(H2,12,13). The molecule has 0 saturated heterocycles. The number of hydrogen-bond donors (Lipinski definition) is 1. The fraction of sp³-hybridized carbons (Fsp3) is 0.455. The molecular formula is C11H16N2O2. The third kappa shape index (κ3) is 2.76. The summed E-state index contributed by atoms with van der Waals surface area (Å²) >= 11 is 0. The molecule has 0 aromatic carbocycles. The minimum absolute atomic E-state index is 0.00954. The quantitative estimate of drug-likeness (QED) is 0.807. The van der Waals surface area contributed by atoms with Crippen LogP contribution in [0.1, 0.15) is 19.4 Å². The van der Waals surface area contributed by atoms with Gasteiger partial charge in [-0.15, -0.1) is 0 Å². The first kappa shape index (κ1) is 11.7. The van der Waals surface area contributed by atoms with Gasteiger partial charge in [-0.2, -0.15) is 0 Å². The van der Waals surface area contributed by atoms with E-state index in [1.807, 2.05) is 0 Å². The van der Waals surface area contributed by atoms with Crippen molar-refractivity contribution in [3.05, 3.63) is 24.0 Å². The van der Waals surface area contributed by atoms with E-state index in [4.69, 9.17) is 10.5 Å². The van der Waals surface area contributed by atoms with Gasteiger partial charge < -0.3 is 10.5 Å². The lowest BCUT2D eigenvalue weighted by Crippen LogP contribution is -2.35. The number of pyridine rings is 1. The fourth-order valence-corrected chi connectivity index (χ4v) is 1.09. The minimum atomic E-state index is -0.776. The van der Waals surface area contributed by atoms with E-state index >= 15 is 0 Å². The first-order valence-corrected chi connectivity index (χ1v) is 4.74. The van der Waals surface area contributed by atoms with Crippen LogP contribution in [0.4, 0.5) is 5.69 Å². The van der Waals surface area contributed by atoms with Crippen LogP contribution in [0.2, 0.25) is 0 Å². The van der Waals surface area contributed by atoms with Crippen molar-refractivity contribution in [3.8, 4) is 0 Å². The normalized spacial score (nSPS) is 11.4. The number of nitrogens with zero attached hydrogens (tertiary/aromatic N) is 1. The van der Waals surface area contributed by atoms with Gasteiger partial charge in [-0.1, -0.05) is 0 Å². The van der Waals surface area contributed by atoms with E-state index in [9.17, 15) is 4.79 Å². The first-order chi connectivity index (χ1) is 6.97. The maximum atomic E-state index is 11.8. The van der Waals surface area contributed by atoms with Crippen molar-refractivity contribution in [2.45, 2.75) is 25.9 Å². The Labute approximate surface area is 89.5 Å². The average molecular weight is 208 g/mol. The number of nitrogens with two attached hydrogens (primary N) is 1. The molecule has 0 radical (unpaired) electrons. The molecule has 4 heteroatoms. The fourth-order valence-electron chi connectivity index (χ4n) is 1.09. The Morgan fingerprint density at radius 1 is 1.60 bits per heavy atom. The predicted octanol–water partition coefficient (Wildman–Crippen LogP) is 1.20. The topological polar surface area (TPSA) is 65.2 Å². The number of rotatable bonds is 4. The molecule has 0 aliphatic heterocycles. The number of carbonyl (C=O) groups excluding carboxylic acids is 1. The van der Waals surface area contributed by atoms with Crippen molar-refractivity contribution in [3.63, 3.8) is 0 Å². The van der Waals surface area contributed by atoms with Crippen LogP contribution in [0.5, 0.6) is 0 Å². The van der Waals surface area contributed by atoms with Crippen molar-refractivity contribution in [1.82, 2.24) is 4.98 Å². The van der Waals surface area contributed by atoms with Gasteiger partial charge in [0.25, 0.3) is 0 Å². The summed E-state index contributed by atoms with van der Waals surface area (Å²) in [6, 6.07) is 1.68. The zero-order valence-corrected chi connectivity index (χ0v) is 9.28. The number of Topliss-reactive ketones (excluding diaryl/α,β-unsaturated/α-hetero) is 1. The maximum absolute atomic E-state index is 11.8. The molecule has 0 saturated carbocycles. The number of anilines is 1. The predicted molar refractivity (Wildman–Crippen MR) is 58.4 cm³/mol. The second kappa shape index (κ2) is 4.40. The van der Waals surface area contributed by atoms with Gasteiger partial charge in [-0.25, -0.2) is 0 Å². The molecule has 0 fully saturated rings. The van der Waals surface area contributed by atoms with Crippen LogP contribution < -0.4 is 5.73 Å². The number of nitrogen functional groups attached to an aromatic ring is 1. The van der Waals surface area contributed by atoms with Gasteiger partial charge >= 0.3 is 0 Å². The Hall–Kier alpha value is -1.42. The summed E-state index contributed by atoms with van der Waals surface area (Å²) in [5.41, 5.74) is 6.28. The van der Waals surface area contributed by atoms with Crippen molar-refractivity contribution >= 4 is 11.5 Å². The molecule has 0 atom stereocenters. The van der Waals surface area contributed by atoms with E-state index in [1.54, 1.807) is 32.3 Å². The highest BCUT2D eigenvalue weighted by atomic mass is 16.5. The number of methoxy groups -OCH3 is 1. The van der Waals surface area contributed by atoms with Gasteiger partial charge in [0.1, 0.15) is 5.60 Å². The number of ether oxygens (including phenoxy) is 1. The number of aromatic nitrogens is 1. The van der Waals surface area contributed by atoms with E-state index in [-0.39, 0.29) is 12.2 Å². The van der Waals surface area contributed by atoms with E-state index < -0.39 is 5.60 Å². The Balaban J connectivity index is 2.80. The van der Waals surface area contributed by atoms with Crippen LogP contribution >= 0.6 is 0 Å². The molecule has 0 aliphatic carbocycles. The second-order valence-electron chi connectivity index (χ2n) is 3.89. The van der Waals surface area contributed by atoms with Gasteiger partial charge in [-0.05, 0) is 19.9 Å². The van der Waals surface area contributed by atoms with Gasteiger partial charge in [0, 0.05) is 37.2 Å². The molecule has 0 unspecified atom stereocenters. The molecule has 1 heterocycles. The Bertz CT molecular complexity index is 361. The third-order valence-electron chi connectivity index (χ3n) is 2.47. The van der Waals surface area contributed by atoms with Gasteiger partial charge in [-0.3, -0.25) is 9.78 Å². The zero-order valence-electron chi connectivity index (χ0n) is 9.28. The molecule has 1 aromatic heterocycles. The van der Waals surface area contributed by atoms with Crippen LogP contribution in [0.15, 0.2) is 18.5 Å². The summed E-state index contributed by atoms with van der Waals surface area (Å²) in [5.74, 6) is -0.00954. The van der Waals surface area contributed by atoms with Crippen molar-refractivity contribution in [1.29, 1.82) is 0 Å². The molecule has 0 bridgehead atoms. The van der Waals surface area contributed by atoms with Crippen molar-refractivity contribution in [2.24, 2.45) is 0 Å². The summed E-state index contributed by atoms with van der Waals surface area (Å²) in [4.78, 5) is 15.7. The molecule has 1 rings (SSSR count). The Morgan fingerprint density at radius 2 is 2.27 bits per heavy atom. The van der Waals surface area contributed by atoms with E-state index in [1.165, 1.54) is 7.11 Å². The lowest BCUT2D eigenvalue weighted by atomic mass is 9.97.